The standard InChI is InChI=1S/C11H16ClNO2S/c1-3-4-7-16(14,15)13-11-8-10(12)6-5-9(11)2/h5-6,8,13H,3-4,7H2,1-2H3. The van der Waals surface area contributed by atoms with Crippen LogP contribution in [0.3, 0.4) is 0 Å². The Morgan fingerprint density at radius 3 is 2.69 bits per heavy atom. The van der Waals surface area contributed by atoms with E-state index >= 15 is 0 Å². The molecule has 0 amide bonds. The third-order valence-electron chi connectivity index (χ3n) is 2.23. The van der Waals surface area contributed by atoms with Gasteiger partial charge in [0.25, 0.3) is 0 Å². The Bertz CT molecular complexity index is 457. The van der Waals surface area contributed by atoms with Gasteiger partial charge in [0.05, 0.1) is 11.4 Å². The van der Waals surface area contributed by atoms with Gasteiger partial charge in [-0.25, -0.2) is 8.42 Å². The maximum atomic E-state index is 11.7. The summed E-state index contributed by atoms with van der Waals surface area (Å²) in [6, 6.07) is 5.15. The molecule has 0 unspecified atom stereocenters. The summed E-state index contributed by atoms with van der Waals surface area (Å²) in [6.45, 7) is 3.80. The van der Waals surface area contributed by atoms with Crippen LogP contribution in [0.15, 0.2) is 18.2 Å². The zero-order valence-electron chi connectivity index (χ0n) is 9.46. The van der Waals surface area contributed by atoms with Crippen LogP contribution in [-0.4, -0.2) is 14.2 Å². The maximum absolute atomic E-state index is 11.7. The molecule has 16 heavy (non-hydrogen) atoms. The summed E-state index contributed by atoms with van der Waals surface area (Å²) in [6.07, 6.45) is 1.52. The molecule has 0 heterocycles. The van der Waals surface area contributed by atoms with Crippen LogP contribution in [0, 0.1) is 6.92 Å². The normalized spacial score (nSPS) is 11.4. The molecule has 0 aliphatic rings. The number of halogens is 1. The Balaban J connectivity index is 2.83. The third kappa shape index (κ3) is 4.02. The third-order valence-corrected chi connectivity index (χ3v) is 3.82. The summed E-state index contributed by atoms with van der Waals surface area (Å²) in [5, 5.41) is 0.527. The van der Waals surface area contributed by atoms with E-state index in [1.165, 1.54) is 0 Å². The lowest BCUT2D eigenvalue weighted by molar-refractivity contribution is 0.598. The monoisotopic (exact) mass is 261 g/mol. The van der Waals surface area contributed by atoms with Crippen LogP contribution in [-0.2, 0) is 10.0 Å². The lowest BCUT2D eigenvalue weighted by atomic mass is 10.2. The molecule has 0 atom stereocenters. The average molecular weight is 262 g/mol. The first kappa shape index (κ1) is 13.3. The number of rotatable bonds is 5. The molecule has 1 aromatic rings. The van der Waals surface area contributed by atoms with Crippen LogP contribution < -0.4 is 4.72 Å². The highest BCUT2D eigenvalue weighted by Gasteiger charge is 2.11. The van der Waals surface area contributed by atoms with Gasteiger partial charge in [-0.3, -0.25) is 4.72 Å². The molecule has 5 heteroatoms. The van der Waals surface area contributed by atoms with Gasteiger partial charge < -0.3 is 0 Å². The first-order valence-corrected chi connectivity index (χ1v) is 7.24. The van der Waals surface area contributed by atoms with Gasteiger partial charge >= 0.3 is 0 Å². The van der Waals surface area contributed by atoms with E-state index in [4.69, 9.17) is 11.6 Å². The first-order chi connectivity index (χ1) is 7.44. The molecule has 0 spiro atoms. The molecule has 0 fully saturated rings. The van der Waals surface area contributed by atoms with Crippen molar-refractivity contribution >= 4 is 27.3 Å². The van der Waals surface area contributed by atoms with Crippen molar-refractivity contribution < 1.29 is 8.42 Å². The van der Waals surface area contributed by atoms with Crippen LogP contribution in [0.4, 0.5) is 5.69 Å². The largest absolute Gasteiger partial charge is 0.283 e. The lowest BCUT2D eigenvalue weighted by Crippen LogP contribution is -2.17. The zero-order chi connectivity index (χ0) is 12.2. The van der Waals surface area contributed by atoms with Crippen LogP contribution in [0.5, 0.6) is 0 Å². The minimum absolute atomic E-state index is 0.148. The second-order valence-corrected chi connectivity index (χ2v) is 6.01. The van der Waals surface area contributed by atoms with Crippen molar-refractivity contribution in [3.63, 3.8) is 0 Å². The van der Waals surface area contributed by atoms with Crippen LogP contribution in [0.2, 0.25) is 5.02 Å². The molecule has 0 bridgehead atoms. The lowest BCUT2D eigenvalue weighted by Gasteiger charge is -2.10. The topological polar surface area (TPSA) is 46.2 Å². The van der Waals surface area contributed by atoms with Crippen molar-refractivity contribution in [2.45, 2.75) is 26.7 Å². The second-order valence-electron chi connectivity index (χ2n) is 3.73. The van der Waals surface area contributed by atoms with Crippen LogP contribution in [0.25, 0.3) is 0 Å². The summed E-state index contributed by atoms with van der Waals surface area (Å²) in [4.78, 5) is 0. The average Bonchev–Trinajstić information content (AvgIpc) is 2.20. The smallest absolute Gasteiger partial charge is 0.232 e. The number of nitrogens with one attached hydrogen (secondary N) is 1. The van der Waals surface area contributed by atoms with Crippen LogP contribution in [0.1, 0.15) is 25.3 Å². The van der Waals surface area contributed by atoms with Gasteiger partial charge in [0, 0.05) is 5.02 Å². The highest BCUT2D eigenvalue weighted by Crippen LogP contribution is 2.21. The molecule has 0 saturated heterocycles. The van der Waals surface area contributed by atoms with E-state index in [1.54, 1.807) is 18.2 Å². The fraction of sp³-hybridized carbons (Fsp3) is 0.455. The number of aryl methyl sites for hydroxylation is 1. The maximum Gasteiger partial charge on any atom is 0.232 e. The summed E-state index contributed by atoms with van der Waals surface area (Å²) in [7, 11) is -3.24. The summed E-state index contributed by atoms with van der Waals surface area (Å²) in [5.41, 5.74) is 1.42. The van der Waals surface area contributed by atoms with Gasteiger partial charge in [0.15, 0.2) is 0 Å². The number of unbranched alkanes of at least 4 members (excludes halogenated alkanes) is 1. The zero-order valence-corrected chi connectivity index (χ0v) is 11.0. The minimum Gasteiger partial charge on any atom is -0.283 e. The van der Waals surface area contributed by atoms with Crippen molar-refractivity contribution in [1.29, 1.82) is 0 Å². The number of hydrogen-bond acceptors (Lipinski definition) is 2. The van der Waals surface area contributed by atoms with E-state index in [-0.39, 0.29) is 5.75 Å². The number of anilines is 1. The SMILES string of the molecule is CCCCS(=O)(=O)Nc1cc(Cl)ccc1C. The fourth-order valence-corrected chi connectivity index (χ4v) is 2.75. The van der Waals surface area contributed by atoms with E-state index in [0.717, 1.165) is 12.0 Å². The van der Waals surface area contributed by atoms with Gasteiger partial charge in [-0.2, -0.15) is 0 Å². The molecular formula is C11H16ClNO2S. The molecule has 0 aliphatic heterocycles. The summed E-state index contributed by atoms with van der Waals surface area (Å²) >= 11 is 5.82. The van der Waals surface area contributed by atoms with Crippen molar-refractivity contribution in [3.05, 3.63) is 28.8 Å². The fourth-order valence-electron chi connectivity index (χ4n) is 1.26. The molecule has 0 radical (unpaired) electrons. The summed E-state index contributed by atoms with van der Waals surface area (Å²) in [5.74, 6) is 0.148. The van der Waals surface area contributed by atoms with E-state index < -0.39 is 10.0 Å². The Morgan fingerprint density at radius 2 is 2.06 bits per heavy atom. The van der Waals surface area contributed by atoms with Gasteiger partial charge in [0.2, 0.25) is 10.0 Å². The Kier molecular flexibility index (Phi) is 4.62. The van der Waals surface area contributed by atoms with Crippen molar-refractivity contribution in [2.75, 3.05) is 10.5 Å². The predicted octanol–water partition coefficient (Wildman–Crippen LogP) is 3.19. The number of benzene rings is 1. The summed E-state index contributed by atoms with van der Waals surface area (Å²) < 4.78 is 25.9. The Hall–Kier alpha value is -0.740. The van der Waals surface area contributed by atoms with Gasteiger partial charge in [-0.05, 0) is 31.0 Å². The van der Waals surface area contributed by atoms with Crippen molar-refractivity contribution in [2.24, 2.45) is 0 Å². The van der Waals surface area contributed by atoms with Gasteiger partial charge in [-0.15, -0.1) is 0 Å². The van der Waals surface area contributed by atoms with Crippen molar-refractivity contribution in [1.82, 2.24) is 0 Å². The predicted molar refractivity (Wildman–Crippen MR) is 68.5 cm³/mol. The van der Waals surface area contributed by atoms with Crippen molar-refractivity contribution in [3.8, 4) is 0 Å². The minimum atomic E-state index is -3.24. The van der Waals surface area contributed by atoms with Gasteiger partial charge in [-0.1, -0.05) is 31.0 Å². The molecule has 1 N–H and O–H groups in total. The molecule has 3 nitrogen and oxygen atoms in total. The molecule has 90 valence electrons. The Morgan fingerprint density at radius 1 is 1.38 bits per heavy atom. The Labute approximate surface area is 102 Å². The second kappa shape index (κ2) is 5.55. The van der Waals surface area contributed by atoms with E-state index in [2.05, 4.69) is 4.72 Å². The van der Waals surface area contributed by atoms with E-state index in [1.807, 2.05) is 13.8 Å². The first-order valence-electron chi connectivity index (χ1n) is 5.21. The molecule has 0 aromatic heterocycles. The number of hydrogen-bond donors (Lipinski definition) is 1. The molecule has 1 rings (SSSR count). The number of sulfonamides is 1. The molecule has 1 aromatic carbocycles. The van der Waals surface area contributed by atoms with E-state index in [0.29, 0.717) is 17.1 Å². The highest BCUT2D eigenvalue weighted by molar-refractivity contribution is 7.92. The molecule has 0 aliphatic carbocycles. The highest BCUT2D eigenvalue weighted by atomic mass is 35.5. The van der Waals surface area contributed by atoms with Gasteiger partial charge in [0.1, 0.15) is 0 Å². The van der Waals surface area contributed by atoms with Crippen LogP contribution >= 0.6 is 11.6 Å². The molecular weight excluding hydrogens is 246 g/mol. The molecule has 0 saturated carbocycles. The van der Waals surface area contributed by atoms with E-state index in [9.17, 15) is 8.42 Å². The quantitative estimate of drug-likeness (QED) is 0.885.